The molecule has 39 heavy (non-hydrogen) atoms. The van der Waals surface area contributed by atoms with E-state index >= 15 is 0 Å². The van der Waals surface area contributed by atoms with E-state index in [0.29, 0.717) is 20.6 Å². The Kier molecular flexibility index (Phi) is 8.24. The number of amides is 1. The van der Waals surface area contributed by atoms with E-state index < -0.39 is 38.3 Å². The van der Waals surface area contributed by atoms with Crippen LogP contribution in [0.4, 0.5) is 21.5 Å². The molecule has 4 rings (SSSR count). The number of halogens is 2. The molecule has 0 fully saturated rings. The molecule has 4 aromatic carbocycles. The van der Waals surface area contributed by atoms with E-state index in [1.807, 2.05) is 0 Å². The highest BCUT2D eigenvalue weighted by Gasteiger charge is 2.29. The molecular weight excluding hydrogens is 565 g/mol. The second-order valence-electron chi connectivity index (χ2n) is 8.37. The smallest absolute Gasteiger partial charge is 0.264 e. The molecule has 0 radical (unpaired) electrons. The van der Waals surface area contributed by atoms with Gasteiger partial charge in [0.25, 0.3) is 20.0 Å². The minimum absolute atomic E-state index is 0.0699. The number of para-hydroxylation sites is 1. The van der Waals surface area contributed by atoms with Gasteiger partial charge in [-0.2, -0.15) is 0 Å². The average molecular weight is 588 g/mol. The molecule has 0 unspecified atom stereocenters. The standard InChI is InChI=1S/C27H23ClFN3O5S2/c1-19-23(28)10-7-12-25(19)31-38(34,35)21-16-14-20(15-17-21)30-27(33)18-32(26-13-6-5-11-24(26)29)39(36,37)22-8-3-2-4-9-22/h2-17,31H,18H2,1H3,(H,30,33). The Morgan fingerprint density at radius 2 is 1.46 bits per heavy atom. The topological polar surface area (TPSA) is 113 Å². The van der Waals surface area contributed by atoms with Crippen LogP contribution in [0, 0.1) is 12.7 Å². The van der Waals surface area contributed by atoms with Gasteiger partial charge in [0.05, 0.1) is 21.2 Å². The summed E-state index contributed by atoms with van der Waals surface area (Å²) in [5, 5.41) is 2.94. The van der Waals surface area contributed by atoms with Crippen molar-refractivity contribution < 1.29 is 26.0 Å². The van der Waals surface area contributed by atoms with Gasteiger partial charge in [0, 0.05) is 10.7 Å². The maximum Gasteiger partial charge on any atom is 0.264 e. The van der Waals surface area contributed by atoms with Crippen LogP contribution >= 0.6 is 11.6 Å². The zero-order valence-corrected chi connectivity index (χ0v) is 22.9. The summed E-state index contributed by atoms with van der Waals surface area (Å²) in [6.07, 6.45) is 0. The van der Waals surface area contributed by atoms with Crippen molar-refractivity contribution in [2.45, 2.75) is 16.7 Å². The van der Waals surface area contributed by atoms with Crippen molar-refractivity contribution in [2.24, 2.45) is 0 Å². The summed E-state index contributed by atoms with van der Waals surface area (Å²) < 4.78 is 70.1. The first-order chi connectivity index (χ1) is 18.5. The van der Waals surface area contributed by atoms with E-state index in [1.54, 1.807) is 31.2 Å². The Balaban J connectivity index is 1.54. The van der Waals surface area contributed by atoms with Gasteiger partial charge < -0.3 is 5.32 Å². The van der Waals surface area contributed by atoms with Gasteiger partial charge in [-0.25, -0.2) is 21.2 Å². The Morgan fingerprint density at radius 1 is 0.821 bits per heavy atom. The third kappa shape index (κ3) is 6.39. The van der Waals surface area contributed by atoms with Crippen LogP contribution in [0.15, 0.2) is 107 Å². The number of sulfonamides is 2. The van der Waals surface area contributed by atoms with E-state index in [-0.39, 0.29) is 21.2 Å². The summed E-state index contributed by atoms with van der Waals surface area (Å²) in [7, 11) is -8.25. The van der Waals surface area contributed by atoms with Crippen molar-refractivity contribution in [2.75, 3.05) is 20.9 Å². The van der Waals surface area contributed by atoms with Crippen molar-refractivity contribution in [3.63, 3.8) is 0 Å². The number of carbonyl (C=O) groups is 1. The molecule has 2 N–H and O–H groups in total. The fraction of sp³-hybridized carbons (Fsp3) is 0.0741. The summed E-state index contributed by atoms with van der Waals surface area (Å²) >= 11 is 6.07. The number of benzene rings is 4. The zero-order valence-electron chi connectivity index (χ0n) is 20.5. The third-order valence-corrected chi connectivity index (χ3v) is 9.26. The lowest BCUT2D eigenvalue weighted by Gasteiger charge is -2.24. The summed E-state index contributed by atoms with van der Waals surface area (Å²) in [6, 6.07) is 22.7. The molecule has 0 saturated heterocycles. The number of nitrogens with one attached hydrogen (secondary N) is 2. The maximum atomic E-state index is 14.6. The van der Waals surface area contributed by atoms with Crippen LogP contribution in [-0.2, 0) is 24.8 Å². The normalized spacial score (nSPS) is 11.6. The highest BCUT2D eigenvalue weighted by Crippen LogP contribution is 2.27. The fourth-order valence-electron chi connectivity index (χ4n) is 3.64. The predicted molar refractivity (Wildman–Crippen MR) is 149 cm³/mol. The molecule has 0 heterocycles. The molecule has 1 amide bonds. The molecule has 0 atom stereocenters. The van der Waals surface area contributed by atoms with E-state index in [0.717, 1.165) is 6.07 Å². The Morgan fingerprint density at radius 3 is 2.13 bits per heavy atom. The van der Waals surface area contributed by atoms with Crippen LogP contribution in [0.5, 0.6) is 0 Å². The van der Waals surface area contributed by atoms with Gasteiger partial charge in [0.15, 0.2) is 0 Å². The molecule has 4 aromatic rings. The molecule has 0 spiro atoms. The van der Waals surface area contributed by atoms with Gasteiger partial charge in [-0.1, -0.05) is 48.0 Å². The van der Waals surface area contributed by atoms with Crippen LogP contribution in [0.2, 0.25) is 5.02 Å². The van der Waals surface area contributed by atoms with Crippen LogP contribution < -0.4 is 14.3 Å². The minimum Gasteiger partial charge on any atom is -0.325 e. The highest BCUT2D eigenvalue weighted by molar-refractivity contribution is 7.93. The number of anilines is 3. The van der Waals surface area contributed by atoms with Gasteiger partial charge >= 0.3 is 0 Å². The summed E-state index contributed by atoms with van der Waals surface area (Å²) in [4.78, 5) is 12.7. The van der Waals surface area contributed by atoms with Crippen molar-refractivity contribution in [3.05, 3.63) is 113 Å². The van der Waals surface area contributed by atoms with Crippen LogP contribution in [0.3, 0.4) is 0 Å². The summed E-state index contributed by atoms with van der Waals surface area (Å²) in [5.41, 5.74) is 0.813. The predicted octanol–water partition coefficient (Wildman–Crippen LogP) is 5.42. The fourth-order valence-corrected chi connectivity index (χ4v) is 6.39. The number of nitrogens with zero attached hydrogens (tertiary/aromatic N) is 1. The quantitative estimate of drug-likeness (QED) is 0.271. The largest absolute Gasteiger partial charge is 0.325 e. The van der Waals surface area contributed by atoms with Gasteiger partial charge in [0.1, 0.15) is 12.4 Å². The highest BCUT2D eigenvalue weighted by atomic mass is 35.5. The number of carbonyl (C=O) groups excluding carboxylic acids is 1. The first kappa shape index (κ1) is 28.1. The Bertz CT molecular complexity index is 1720. The number of hydrogen-bond acceptors (Lipinski definition) is 5. The molecule has 8 nitrogen and oxygen atoms in total. The van der Waals surface area contributed by atoms with Gasteiger partial charge in [-0.05, 0) is 73.2 Å². The molecule has 0 aliphatic heterocycles. The molecule has 0 aliphatic carbocycles. The van der Waals surface area contributed by atoms with Crippen LogP contribution in [0.1, 0.15) is 5.56 Å². The second kappa shape index (κ2) is 11.4. The number of hydrogen-bond donors (Lipinski definition) is 2. The van der Waals surface area contributed by atoms with E-state index in [4.69, 9.17) is 11.6 Å². The Labute approximate surface area is 231 Å². The number of rotatable bonds is 9. The average Bonchev–Trinajstić information content (AvgIpc) is 2.91. The molecule has 202 valence electrons. The van der Waals surface area contributed by atoms with Crippen LogP contribution in [-0.4, -0.2) is 29.3 Å². The Hall–Kier alpha value is -3.93. The monoisotopic (exact) mass is 587 g/mol. The van der Waals surface area contributed by atoms with Crippen molar-refractivity contribution in [1.82, 2.24) is 0 Å². The summed E-state index contributed by atoms with van der Waals surface area (Å²) in [5.74, 6) is -1.58. The minimum atomic E-state index is -4.29. The molecule has 0 aromatic heterocycles. The van der Waals surface area contributed by atoms with Crippen LogP contribution in [0.25, 0.3) is 0 Å². The lowest BCUT2D eigenvalue weighted by Crippen LogP contribution is -2.38. The van der Waals surface area contributed by atoms with Gasteiger partial charge in [-0.15, -0.1) is 0 Å². The van der Waals surface area contributed by atoms with Gasteiger partial charge in [0.2, 0.25) is 5.91 Å². The van der Waals surface area contributed by atoms with E-state index in [1.165, 1.54) is 66.7 Å². The molecule has 0 saturated carbocycles. The molecule has 0 bridgehead atoms. The molecular formula is C27H23ClFN3O5S2. The maximum absolute atomic E-state index is 14.6. The van der Waals surface area contributed by atoms with Crippen molar-refractivity contribution in [3.8, 4) is 0 Å². The zero-order chi connectivity index (χ0) is 28.2. The second-order valence-corrected chi connectivity index (χ2v) is 12.3. The molecule has 12 heteroatoms. The third-order valence-electron chi connectivity index (χ3n) is 5.70. The van der Waals surface area contributed by atoms with Gasteiger partial charge in [-0.3, -0.25) is 13.8 Å². The van der Waals surface area contributed by atoms with Crippen molar-refractivity contribution >= 4 is 54.6 Å². The lowest BCUT2D eigenvalue weighted by atomic mass is 10.2. The van der Waals surface area contributed by atoms with E-state index in [2.05, 4.69) is 10.0 Å². The lowest BCUT2D eigenvalue weighted by molar-refractivity contribution is -0.114. The first-order valence-corrected chi connectivity index (χ1v) is 14.8. The summed E-state index contributed by atoms with van der Waals surface area (Å²) in [6.45, 7) is 0.954. The van der Waals surface area contributed by atoms with E-state index in [9.17, 15) is 26.0 Å². The first-order valence-electron chi connectivity index (χ1n) is 11.5. The SMILES string of the molecule is Cc1c(Cl)cccc1NS(=O)(=O)c1ccc(NC(=O)CN(c2ccccc2F)S(=O)(=O)c2ccccc2)cc1. The van der Waals surface area contributed by atoms with Crippen molar-refractivity contribution in [1.29, 1.82) is 0 Å². The molecule has 0 aliphatic rings.